The minimum atomic E-state index is -3.70. The fourth-order valence-electron chi connectivity index (χ4n) is 2.17. The molecule has 2 heterocycles. The van der Waals surface area contributed by atoms with Gasteiger partial charge < -0.3 is 0 Å². The molecule has 1 aromatic carbocycles. The number of sulfonamides is 1. The van der Waals surface area contributed by atoms with Crippen LogP contribution in [0, 0.1) is 0 Å². The number of nitrogens with one attached hydrogen (secondary N) is 1. The molecule has 0 bridgehead atoms. The minimum Gasteiger partial charge on any atom is -0.278 e. The zero-order valence-electron chi connectivity index (χ0n) is 12.3. The molecule has 0 saturated carbocycles. The molecule has 1 N–H and O–H groups in total. The maximum Gasteiger partial charge on any atom is 0.263 e. The summed E-state index contributed by atoms with van der Waals surface area (Å²) in [5.41, 5.74) is 1.84. The van der Waals surface area contributed by atoms with E-state index in [9.17, 15) is 8.42 Å². The molecule has 0 aliphatic heterocycles. The lowest BCUT2D eigenvalue weighted by atomic mass is 10.2. The maximum atomic E-state index is 12.4. The van der Waals surface area contributed by atoms with Crippen molar-refractivity contribution in [2.24, 2.45) is 0 Å². The summed E-state index contributed by atoms with van der Waals surface area (Å²) in [6, 6.07) is 10.3. The molecular weight excluding hydrogens is 334 g/mol. The molecular formula is C16H14ClN3O2S. The third-order valence-corrected chi connectivity index (χ3v) is 5.06. The van der Waals surface area contributed by atoms with Gasteiger partial charge in [-0.05, 0) is 30.7 Å². The van der Waals surface area contributed by atoms with E-state index in [2.05, 4.69) is 14.7 Å². The second-order valence-electron chi connectivity index (χ2n) is 4.98. The largest absolute Gasteiger partial charge is 0.278 e. The summed E-state index contributed by atoms with van der Waals surface area (Å²) >= 11 is 6.06. The summed E-state index contributed by atoms with van der Waals surface area (Å²) in [7, 11) is -3.70. The first-order chi connectivity index (χ1) is 11.0. The van der Waals surface area contributed by atoms with Crippen LogP contribution in [0.25, 0.3) is 10.9 Å². The van der Waals surface area contributed by atoms with Gasteiger partial charge in [-0.25, -0.2) is 8.42 Å². The highest BCUT2D eigenvalue weighted by Gasteiger charge is 2.15. The first-order valence-corrected chi connectivity index (χ1v) is 8.88. The zero-order chi connectivity index (χ0) is 16.4. The summed E-state index contributed by atoms with van der Waals surface area (Å²) < 4.78 is 27.3. The van der Waals surface area contributed by atoms with Crippen LogP contribution >= 0.6 is 11.6 Å². The molecule has 7 heteroatoms. The first-order valence-electron chi connectivity index (χ1n) is 7.01. The Labute approximate surface area is 139 Å². The van der Waals surface area contributed by atoms with Crippen molar-refractivity contribution in [3.05, 3.63) is 59.5 Å². The fraction of sp³-hybridized carbons (Fsp3) is 0.125. The Bertz CT molecular complexity index is 957. The van der Waals surface area contributed by atoms with Crippen LogP contribution < -0.4 is 4.72 Å². The van der Waals surface area contributed by atoms with E-state index >= 15 is 0 Å². The minimum absolute atomic E-state index is 0.112. The molecule has 3 aromatic rings. The van der Waals surface area contributed by atoms with Crippen molar-refractivity contribution in [3.8, 4) is 0 Å². The number of rotatable bonds is 4. The van der Waals surface area contributed by atoms with Crippen molar-refractivity contribution in [3.63, 3.8) is 0 Å². The summed E-state index contributed by atoms with van der Waals surface area (Å²) in [5.74, 6) is 0. The third kappa shape index (κ3) is 3.28. The topological polar surface area (TPSA) is 72.0 Å². The second-order valence-corrected chi connectivity index (χ2v) is 7.07. The fourth-order valence-corrected chi connectivity index (χ4v) is 3.38. The SMILES string of the molecule is CCc1ccc(S(=O)(=O)Nc2cnc3c(Cl)cccc3c2)cn1. The number of para-hydroxylation sites is 1. The number of nitrogens with zero attached hydrogens (tertiary/aromatic N) is 2. The second kappa shape index (κ2) is 6.14. The smallest absolute Gasteiger partial charge is 0.263 e. The lowest BCUT2D eigenvalue weighted by Gasteiger charge is -2.09. The van der Waals surface area contributed by atoms with Crippen LogP contribution in [0.15, 0.2) is 53.7 Å². The zero-order valence-corrected chi connectivity index (χ0v) is 13.9. The molecule has 0 saturated heterocycles. The van der Waals surface area contributed by atoms with Gasteiger partial charge in [-0.3, -0.25) is 14.7 Å². The number of aryl methyl sites for hydroxylation is 1. The molecule has 0 fully saturated rings. The lowest BCUT2D eigenvalue weighted by Crippen LogP contribution is -2.13. The van der Waals surface area contributed by atoms with Gasteiger partial charge in [0.1, 0.15) is 4.90 Å². The molecule has 0 unspecified atom stereocenters. The van der Waals surface area contributed by atoms with E-state index in [0.717, 1.165) is 17.5 Å². The molecule has 0 atom stereocenters. The van der Waals surface area contributed by atoms with Crippen molar-refractivity contribution >= 4 is 38.2 Å². The highest BCUT2D eigenvalue weighted by atomic mass is 35.5. The van der Waals surface area contributed by atoms with E-state index in [4.69, 9.17) is 11.6 Å². The molecule has 0 radical (unpaired) electrons. The van der Waals surface area contributed by atoms with Crippen LogP contribution in [-0.4, -0.2) is 18.4 Å². The number of fused-ring (bicyclic) bond motifs is 1. The van der Waals surface area contributed by atoms with Gasteiger partial charge >= 0.3 is 0 Å². The molecule has 118 valence electrons. The van der Waals surface area contributed by atoms with Gasteiger partial charge in [-0.2, -0.15) is 0 Å². The number of anilines is 1. The number of hydrogen-bond donors (Lipinski definition) is 1. The summed E-state index contributed by atoms with van der Waals surface area (Å²) in [5, 5.41) is 1.29. The van der Waals surface area contributed by atoms with Gasteiger partial charge in [-0.1, -0.05) is 30.7 Å². The molecule has 0 aliphatic rings. The Morgan fingerprint density at radius 1 is 1.13 bits per heavy atom. The predicted molar refractivity (Wildman–Crippen MR) is 91.2 cm³/mol. The van der Waals surface area contributed by atoms with E-state index < -0.39 is 10.0 Å². The summed E-state index contributed by atoms with van der Waals surface area (Å²) in [4.78, 5) is 8.44. The van der Waals surface area contributed by atoms with Crippen LogP contribution in [0.5, 0.6) is 0 Å². The average molecular weight is 348 g/mol. The van der Waals surface area contributed by atoms with E-state index in [1.807, 2.05) is 13.0 Å². The summed E-state index contributed by atoms with van der Waals surface area (Å²) in [6.45, 7) is 1.96. The molecule has 5 nitrogen and oxygen atoms in total. The Morgan fingerprint density at radius 2 is 1.96 bits per heavy atom. The number of hydrogen-bond acceptors (Lipinski definition) is 4. The van der Waals surface area contributed by atoms with Crippen molar-refractivity contribution < 1.29 is 8.42 Å². The maximum absolute atomic E-state index is 12.4. The van der Waals surface area contributed by atoms with Gasteiger partial charge in [0.2, 0.25) is 0 Å². The van der Waals surface area contributed by atoms with Crippen molar-refractivity contribution in [2.45, 2.75) is 18.2 Å². The van der Waals surface area contributed by atoms with Crippen LogP contribution in [0.4, 0.5) is 5.69 Å². The van der Waals surface area contributed by atoms with Crippen molar-refractivity contribution in [1.29, 1.82) is 0 Å². The molecule has 0 amide bonds. The van der Waals surface area contributed by atoms with Gasteiger partial charge in [0.05, 0.1) is 22.4 Å². The molecule has 2 aromatic heterocycles. The first kappa shape index (κ1) is 15.7. The van der Waals surface area contributed by atoms with Gasteiger partial charge in [0.15, 0.2) is 0 Å². The van der Waals surface area contributed by atoms with Crippen LogP contribution in [0.1, 0.15) is 12.6 Å². The van der Waals surface area contributed by atoms with Crippen LogP contribution in [0.3, 0.4) is 0 Å². The normalized spacial score (nSPS) is 11.6. The van der Waals surface area contributed by atoms with E-state index in [-0.39, 0.29) is 4.90 Å². The van der Waals surface area contributed by atoms with Crippen molar-refractivity contribution in [2.75, 3.05) is 4.72 Å². The number of aromatic nitrogens is 2. The Morgan fingerprint density at radius 3 is 2.65 bits per heavy atom. The summed E-state index contributed by atoms with van der Waals surface area (Å²) in [6.07, 6.45) is 3.55. The van der Waals surface area contributed by atoms with Crippen LogP contribution in [-0.2, 0) is 16.4 Å². The highest BCUT2D eigenvalue weighted by Crippen LogP contribution is 2.24. The van der Waals surface area contributed by atoms with Crippen molar-refractivity contribution in [1.82, 2.24) is 9.97 Å². The lowest BCUT2D eigenvalue weighted by molar-refractivity contribution is 0.600. The quantitative estimate of drug-likeness (QED) is 0.782. The standard InChI is InChI=1S/C16H14ClN3O2S/c1-2-12-6-7-14(10-18-12)23(21,22)20-13-8-11-4-3-5-15(17)16(11)19-9-13/h3-10,20H,2H2,1H3. The van der Waals surface area contributed by atoms with Gasteiger partial charge in [-0.15, -0.1) is 0 Å². The predicted octanol–water partition coefficient (Wildman–Crippen LogP) is 3.65. The highest BCUT2D eigenvalue weighted by molar-refractivity contribution is 7.92. The van der Waals surface area contributed by atoms with Crippen LogP contribution in [0.2, 0.25) is 5.02 Å². The Hall–Kier alpha value is -2.18. The monoisotopic (exact) mass is 347 g/mol. The third-order valence-electron chi connectivity index (χ3n) is 3.38. The number of pyridine rings is 2. The van der Waals surface area contributed by atoms with Gasteiger partial charge in [0, 0.05) is 17.3 Å². The molecule has 23 heavy (non-hydrogen) atoms. The van der Waals surface area contributed by atoms with E-state index in [0.29, 0.717) is 16.2 Å². The molecule has 3 rings (SSSR count). The Balaban J connectivity index is 1.93. The van der Waals surface area contributed by atoms with E-state index in [1.165, 1.54) is 12.4 Å². The Kier molecular flexibility index (Phi) is 4.19. The molecule has 0 aliphatic carbocycles. The van der Waals surface area contributed by atoms with Gasteiger partial charge in [0.25, 0.3) is 10.0 Å². The number of benzene rings is 1. The average Bonchev–Trinajstić information content (AvgIpc) is 2.54. The van der Waals surface area contributed by atoms with E-state index in [1.54, 1.807) is 30.3 Å². The number of halogens is 1. The molecule has 0 spiro atoms.